The van der Waals surface area contributed by atoms with Gasteiger partial charge >= 0.3 is 59.1 Å². The average Bonchev–Trinajstić information content (AvgIpc) is 2.88. The van der Waals surface area contributed by atoms with Crippen LogP contribution in [0.2, 0.25) is 0 Å². The summed E-state index contributed by atoms with van der Waals surface area (Å²) >= 11 is 0. The quantitative estimate of drug-likeness (QED) is 0.301. The minimum atomic E-state index is -5.59. The van der Waals surface area contributed by atoms with Crippen LogP contribution in [0.3, 0.4) is 0 Å². The Hall–Kier alpha value is 0.560. The molecule has 0 amide bonds. The average molecular weight is 496 g/mol. The summed E-state index contributed by atoms with van der Waals surface area (Å²) in [6.45, 7) is 4.25. The smallest absolute Gasteiger partial charge is 0.790 e. The van der Waals surface area contributed by atoms with E-state index >= 15 is 0 Å². The fraction of sp³-hybridized carbons (Fsp3) is 0.682. The van der Waals surface area contributed by atoms with Crippen molar-refractivity contribution in [1.82, 2.24) is 0 Å². The van der Waals surface area contributed by atoms with Crippen molar-refractivity contribution < 1.29 is 97.5 Å². The molecule has 7 atom stereocenters. The number of fused-ring (bicyclic) bond motifs is 5. The second-order valence-corrected chi connectivity index (χ2v) is 11.1. The van der Waals surface area contributed by atoms with Crippen molar-refractivity contribution in [2.75, 3.05) is 6.61 Å². The van der Waals surface area contributed by atoms with E-state index in [4.69, 9.17) is 4.52 Å². The van der Waals surface area contributed by atoms with Crippen molar-refractivity contribution in [3.63, 3.8) is 0 Å². The molecule has 4 aliphatic rings. The zero-order chi connectivity index (χ0) is 23.0. The molecular weight excluding hydrogens is 469 g/mol. The Morgan fingerprint density at radius 2 is 1.91 bits per heavy atom. The van der Waals surface area contributed by atoms with Crippen LogP contribution in [0.25, 0.3) is 0 Å². The molecule has 33 heavy (non-hydrogen) atoms. The molecule has 170 valence electrons. The van der Waals surface area contributed by atoms with E-state index in [2.05, 4.69) is 0 Å². The van der Waals surface area contributed by atoms with Crippen LogP contribution in [0.15, 0.2) is 23.8 Å². The number of hydrogen-bond donors (Lipinski definition) is 1. The molecule has 1 N–H and O–H groups in total. The minimum Gasteiger partial charge on any atom is -0.790 e. The fourth-order valence-corrected chi connectivity index (χ4v) is 8.32. The molecule has 3 fully saturated rings. The number of allylic oxidation sites excluding steroid dienone is 4. The molecular formula is C22H27Na2O8P. The number of ketones is 3. The number of carbonyl (C=O) groups excluding carboxylic acids is 3. The molecule has 0 unspecified atom stereocenters. The van der Waals surface area contributed by atoms with Gasteiger partial charge in [0.25, 0.3) is 0 Å². The molecule has 0 bridgehead atoms. The van der Waals surface area contributed by atoms with Gasteiger partial charge in [-0.05, 0) is 49.2 Å². The molecule has 4 rings (SSSR count). The Morgan fingerprint density at radius 3 is 2.48 bits per heavy atom. The second-order valence-electron chi connectivity index (χ2n) is 10.0. The molecule has 11 heteroatoms. The van der Waals surface area contributed by atoms with E-state index in [1.165, 1.54) is 6.08 Å². The summed E-state index contributed by atoms with van der Waals surface area (Å²) in [6.07, 6.45) is 6.37. The van der Waals surface area contributed by atoms with E-state index in [-0.39, 0.29) is 88.9 Å². The number of carbonyl (C=O) groups is 3. The first-order valence-corrected chi connectivity index (χ1v) is 12.1. The summed E-state index contributed by atoms with van der Waals surface area (Å²) in [6, 6.07) is 0. The van der Waals surface area contributed by atoms with E-state index in [1.807, 2.05) is 6.92 Å². The van der Waals surface area contributed by atoms with Crippen LogP contribution in [-0.2, 0) is 23.5 Å². The van der Waals surface area contributed by atoms with Gasteiger partial charge in [-0.3, -0.25) is 14.4 Å². The maximum atomic E-state index is 13.6. The van der Waals surface area contributed by atoms with Crippen molar-refractivity contribution >= 4 is 25.2 Å². The summed E-state index contributed by atoms with van der Waals surface area (Å²) in [5.41, 5.74) is -3.00. The van der Waals surface area contributed by atoms with Gasteiger partial charge in [-0.1, -0.05) is 32.4 Å². The molecule has 0 radical (unpaired) electrons. The standard InChI is InChI=1S/C22H29O8P.2Na/c1-12-8-16-15-5-4-13-9-14(24)6-7-20(13,2)19(15)17(25)10-21(16,3)22(12,18(26)11-23)30-31(27,28)29;;/h6-7,9,12,15-16,19,23H,4-5,8,10-11H2,1-3H3,(H2,27,28,29);;/q;2*+1/p-2/t12-,15-,16-,19+,20-,21-,22-;;/m0../s1. The monoisotopic (exact) mass is 496 g/mol. The van der Waals surface area contributed by atoms with Crippen LogP contribution in [0.5, 0.6) is 0 Å². The maximum Gasteiger partial charge on any atom is 1.00 e. The van der Waals surface area contributed by atoms with Crippen molar-refractivity contribution in [3.05, 3.63) is 23.8 Å². The molecule has 0 aromatic carbocycles. The Kier molecular flexibility index (Phi) is 8.84. The molecule has 0 heterocycles. The van der Waals surface area contributed by atoms with Gasteiger partial charge in [0.2, 0.25) is 0 Å². The summed E-state index contributed by atoms with van der Waals surface area (Å²) < 4.78 is 16.7. The number of phosphoric acid groups is 1. The number of aliphatic hydroxyl groups excluding tert-OH is 1. The number of hydrogen-bond acceptors (Lipinski definition) is 8. The topological polar surface area (TPSA) is 144 Å². The van der Waals surface area contributed by atoms with Gasteiger partial charge in [-0.2, -0.15) is 0 Å². The molecule has 0 aromatic rings. The number of aliphatic hydroxyl groups is 1. The first-order chi connectivity index (χ1) is 14.3. The van der Waals surface area contributed by atoms with Crippen LogP contribution < -0.4 is 68.9 Å². The van der Waals surface area contributed by atoms with Gasteiger partial charge in [-0.15, -0.1) is 0 Å². The van der Waals surface area contributed by atoms with E-state index in [1.54, 1.807) is 26.0 Å². The van der Waals surface area contributed by atoms with E-state index < -0.39 is 48.5 Å². The van der Waals surface area contributed by atoms with E-state index in [0.717, 1.165) is 5.57 Å². The van der Waals surface area contributed by atoms with Crippen LogP contribution in [-0.4, -0.2) is 34.7 Å². The van der Waals surface area contributed by atoms with Gasteiger partial charge < -0.3 is 24.0 Å². The Labute approximate surface area is 237 Å². The molecule has 0 saturated heterocycles. The van der Waals surface area contributed by atoms with Gasteiger partial charge in [0.15, 0.2) is 11.6 Å². The third kappa shape index (κ3) is 4.36. The van der Waals surface area contributed by atoms with Gasteiger partial charge in [0, 0.05) is 23.2 Å². The Balaban J connectivity index is 0.00000193. The number of rotatable bonds is 4. The third-order valence-corrected chi connectivity index (χ3v) is 9.12. The predicted octanol–water partition coefficient (Wildman–Crippen LogP) is -5.13. The summed E-state index contributed by atoms with van der Waals surface area (Å²) in [5, 5.41) is 9.64. The summed E-state index contributed by atoms with van der Waals surface area (Å²) in [7, 11) is -5.59. The predicted molar refractivity (Wildman–Crippen MR) is 105 cm³/mol. The Bertz CT molecular complexity index is 973. The summed E-state index contributed by atoms with van der Waals surface area (Å²) in [4.78, 5) is 61.8. The van der Waals surface area contributed by atoms with Crippen molar-refractivity contribution in [1.29, 1.82) is 0 Å². The normalized spacial score (nSPS) is 41.7. The number of phosphoric ester groups is 1. The van der Waals surface area contributed by atoms with Crippen LogP contribution >= 0.6 is 7.82 Å². The SMILES string of the molecule is C[C@H]1C[C@H]2[C@@H]3CCC4=CC(=O)C=C[C@]4(C)[C@H]3C(=O)C[C@]2(C)[C@@]1(OP(=O)([O-])[O-])C(=O)CO.[Na+].[Na+]. The molecule has 4 aliphatic carbocycles. The minimum absolute atomic E-state index is 0. The van der Waals surface area contributed by atoms with Crippen LogP contribution in [0, 0.1) is 34.5 Å². The molecule has 0 spiro atoms. The molecule has 0 aromatic heterocycles. The van der Waals surface area contributed by atoms with Crippen molar-refractivity contribution in [2.24, 2.45) is 34.5 Å². The molecule has 8 nitrogen and oxygen atoms in total. The molecule has 3 saturated carbocycles. The van der Waals surface area contributed by atoms with E-state index in [0.29, 0.717) is 19.3 Å². The van der Waals surface area contributed by atoms with Gasteiger partial charge in [-0.25, -0.2) is 0 Å². The van der Waals surface area contributed by atoms with Gasteiger partial charge in [0.1, 0.15) is 18.0 Å². The Morgan fingerprint density at radius 1 is 1.27 bits per heavy atom. The third-order valence-electron chi connectivity index (χ3n) is 8.61. The van der Waals surface area contributed by atoms with Gasteiger partial charge in [0.05, 0.1) is 7.82 Å². The first kappa shape index (κ1) is 29.8. The van der Waals surface area contributed by atoms with E-state index in [9.17, 15) is 33.8 Å². The van der Waals surface area contributed by atoms with Crippen LogP contribution in [0.1, 0.15) is 46.5 Å². The number of Topliss-reactive ketones (excluding diaryl/α,β-unsaturated/α-hetero) is 2. The van der Waals surface area contributed by atoms with Crippen molar-refractivity contribution in [2.45, 2.75) is 52.1 Å². The zero-order valence-electron chi connectivity index (χ0n) is 19.8. The second kappa shape index (κ2) is 9.79. The maximum absolute atomic E-state index is 13.6. The summed E-state index contributed by atoms with van der Waals surface area (Å²) in [5.74, 6) is -2.62. The van der Waals surface area contributed by atoms with Crippen LogP contribution in [0.4, 0.5) is 0 Å². The largest absolute Gasteiger partial charge is 1.00 e. The zero-order valence-corrected chi connectivity index (χ0v) is 24.7. The first-order valence-electron chi connectivity index (χ1n) is 10.6. The molecule has 0 aliphatic heterocycles. The van der Waals surface area contributed by atoms with Crippen molar-refractivity contribution in [3.8, 4) is 0 Å². The fourth-order valence-electron chi connectivity index (χ4n) is 7.48.